The molecule has 0 heterocycles. The molecule has 0 aromatic rings. The number of aliphatic hydroxyl groups is 3. The Kier molecular flexibility index (Phi) is 5.42. The lowest BCUT2D eigenvalue weighted by molar-refractivity contribution is -0.171. The lowest BCUT2D eigenvalue weighted by atomic mass is 9.35. The van der Waals surface area contributed by atoms with Gasteiger partial charge in [0.25, 0.3) is 0 Å². The van der Waals surface area contributed by atoms with Crippen LogP contribution in [0.3, 0.4) is 0 Å². The molecule has 35 heavy (non-hydrogen) atoms. The van der Waals surface area contributed by atoms with Crippen molar-refractivity contribution < 1.29 is 25.2 Å². The molecule has 5 aliphatic rings. The van der Waals surface area contributed by atoms with E-state index in [2.05, 4.69) is 46.8 Å². The van der Waals surface area contributed by atoms with Crippen molar-refractivity contribution in [3.05, 3.63) is 23.3 Å². The number of hydrogen-bond donors (Lipinski definition) is 4. The molecule has 0 unspecified atom stereocenters. The average Bonchev–Trinajstić information content (AvgIpc) is 2.77. The largest absolute Gasteiger partial charge is 0.481 e. The molecule has 5 rings (SSSR count). The number of aliphatic hydroxyl groups excluding tert-OH is 3. The summed E-state index contributed by atoms with van der Waals surface area (Å²) in [7, 11) is 0. The molecule has 5 aliphatic carbocycles. The predicted molar refractivity (Wildman–Crippen MR) is 135 cm³/mol. The molecule has 0 aliphatic heterocycles. The van der Waals surface area contributed by atoms with Crippen molar-refractivity contribution in [2.75, 3.05) is 6.61 Å². The third-order valence-electron chi connectivity index (χ3n) is 12.5. The van der Waals surface area contributed by atoms with Gasteiger partial charge in [-0.3, -0.25) is 4.79 Å². The van der Waals surface area contributed by atoms with Crippen molar-refractivity contribution in [1.82, 2.24) is 0 Å². The highest BCUT2D eigenvalue weighted by molar-refractivity contribution is 5.76. The normalized spacial score (nSPS) is 52.7. The maximum absolute atomic E-state index is 12.8. The fraction of sp³-hybridized carbons (Fsp3) is 0.833. The molecule has 5 heteroatoms. The van der Waals surface area contributed by atoms with Crippen LogP contribution in [-0.2, 0) is 4.79 Å². The molecule has 4 N–H and O–H groups in total. The zero-order valence-corrected chi connectivity index (χ0v) is 22.5. The topological polar surface area (TPSA) is 98.0 Å². The third-order valence-corrected chi connectivity index (χ3v) is 12.5. The van der Waals surface area contributed by atoms with E-state index in [4.69, 9.17) is 0 Å². The summed E-state index contributed by atoms with van der Waals surface area (Å²) in [6.45, 7) is 13.3. The lowest BCUT2D eigenvalue weighted by Crippen LogP contribution is -2.64. The minimum atomic E-state index is -0.975. The highest BCUT2D eigenvalue weighted by atomic mass is 16.4. The van der Waals surface area contributed by atoms with E-state index in [-0.39, 0.29) is 40.1 Å². The molecule has 3 saturated carbocycles. The first-order valence-electron chi connectivity index (χ1n) is 13.7. The molecule has 0 bridgehead atoms. The molecule has 0 amide bonds. The molecule has 196 valence electrons. The summed E-state index contributed by atoms with van der Waals surface area (Å²) >= 11 is 0. The van der Waals surface area contributed by atoms with Crippen LogP contribution >= 0.6 is 0 Å². The van der Waals surface area contributed by atoms with Gasteiger partial charge in [0.05, 0.1) is 24.2 Å². The Bertz CT molecular complexity index is 997. The second-order valence-corrected chi connectivity index (χ2v) is 14.6. The number of carboxylic acids is 1. The van der Waals surface area contributed by atoms with Crippen LogP contribution in [-0.4, -0.2) is 45.2 Å². The van der Waals surface area contributed by atoms with Crippen molar-refractivity contribution >= 4 is 5.97 Å². The van der Waals surface area contributed by atoms with Gasteiger partial charge < -0.3 is 20.4 Å². The number of rotatable bonds is 2. The van der Waals surface area contributed by atoms with Gasteiger partial charge in [0, 0.05) is 5.41 Å². The highest BCUT2D eigenvalue weighted by Crippen LogP contribution is 2.74. The Morgan fingerprint density at radius 3 is 2.26 bits per heavy atom. The van der Waals surface area contributed by atoms with E-state index in [9.17, 15) is 25.2 Å². The predicted octanol–water partition coefficient (Wildman–Crippen LogP) is 5.10. The monoisotopic (exact) mass is 486 g/mol. The van der Waals surface area contributed by atoms with Gasteiger partial charge in [-0.15, -0.1) is 0 Å². The second-order valence-electron chi connectivity index (χ2n) is 14.6. The number of aliphatic carboxylic acids is 1. The van der Waals surface area contributed by atoms with Crippen LogP contribution in [0.15, 0.2) is 23.3 Å². The van der Waals surface area contributed by atoms with Crippen LogP contribution in [0.4, 0.5) is 0 Å². The fourth-order valence-electron chi connectivity index (χ4n) is 10.0. The number of carbonyl (C=O) groups is 1. The molecule has 5 nitrogen and oxygen atoms in total. The zero-order chi connectivity index (χ0) is 25.8. The van der Waals surface area contributed by atoms with Gasteiger partial charge in [-0.05, 0) is 84.9 Å². The SMILES string of the molecule is CC1(C)CC[C@]2(C(=O)O)CC[C@]3(C)C(=CC[C@@H]4[C@@]5(C)C[C@@H](O)[C@H](O)[C@@](C)(CO)C5=CC[C@]43C)[C@@H]2C1. The molecule has 0 saturated heterocycles. The first-order chi connectivity index (χ1) is 16.1. The van der Waals surface area contributed by atoms with E-state index < -0.39 is 29.0 Å². The number of carboxylic acid groups (broad SMARTS) is 1. The summed E-state index contributed by atoms with van der Waals surface area (Å²) in [6.07, 6.45) is 9.26. The van der Waals surface area contributed by atoms with Crippen LogP contribution in [0.25, 0.3) is 0 Å². The minimum Gasteiger partial charge on any atom is -0.481 e. The van der Waals surface area contributed by atoms with E-state index in [0.717, 1.165) is 50.5 Å². The van der Waals surface area contributed by atoms with Gasteiger partial charge in [0.15, 0.2) is 0 Å². The Labute approximate surface area is 210 Å². The van der Waals surface area contributed by atoms with E-state index >= 15 is 0 Å². The Morgan fingerprint density at radius 1 is 0.971 bits per heavy atom. The summed E-state index contributed by atoms with van der Waals surface area (Å²) in [5.41, 5.74) is 0.581. The molecule has 0 aromatic carbocycles. The van der Waals surface area contributed by atoms with Crippen LogP contribution in [0.1, 0.15) is 92.9 Å². The minimum absolute atomic E-state index is 0.0694. The smallest absolute Gasteiger partial charge is 0.310 e. The van der Waals surface area contributed by atoms with Crippen molar-refractivity contribution in [2.45, 2.75) is 105 Å². The number of fused-ring (bicyclic) bond motifs is 7. The van der Waals surface area contributed by atoms with Crippen LogP contribution < -0.4 is 0 Å². The van der Waals surface area contributed by atoms with E-state index in [1.807, 2.05) is 6.92 Å². The maximum Gasteiger partial charge on any atom is 0.310 e. The summed E-state index contributed by atoms with van der Waals surface area (Å²) in [4.78, 5) is 12.8. The average molecular weight is 487 g/mol. The molecule has 3 fully saturated rings. The highest BCUT2D eigenvalue weighted by Gasteiger charge is 2.68. The number of hydrogen-bond acceptors (Lipinski definition) is 4. The van der Waals surface area contributed by atoms with E-state index in [0.29, 0.717) is 6.42 Å². The second kappa shape index (κ2) is 7.45. The Morgan fingerprint density at radius 2 is 1.63 bits per heavy atom. The van der Waals surface area contributed by atoms with Gasteiger partial charge >= 0.3 is 5.97 Å². The summed E-state index contributed by atoms with van der Waals surface area (Å²) in [5, 5.41) is 42.7. The van der Waals surface area contributed by atoms with Crippen LogP contribution in [0.2, 0.25) is 0 Å². The Hall–Kier alpha value is -1.17. The standard InChI is InChI=1S/C30H46O5/c1-25(2)11-13-30(24(34)35)14-12-28(5)18(19(30)15-25)7-8-22-26(3)16-20(32)23(33)27(4,17-31)21(26)9-10-29(22,28)6/h7,9,19-20,22-23,31-33H,8,10-17H2,1-6H3,(H,34,35)/t19-,20+,22+,23-,26-,27-,28+,29+,30-/m0/s1. The van der Waals surface area contributed by atoms with Crippen molar-refractivity contribution in [3.8, 4) is 0 Å². The summed E-state index contributed by atoms with van der Waals surface area (Å²) in [6, 6.07) is 0. The van der Waals surface area contributed by atoms with Crippen LogP contribution in [0.5, 0.6) is 0 Å². The van der Waals surface area contributed by atoms with Gasteiger partial charge in [0.2, 0.25) is 0 Å². The molecule has 0 aromatic heterocycles. The maximum atomic E-state index is 12.8. The van der Waals surface area contributed by atoms with E-state index in [1.165, 1.54) is 5.57 Å². The zero-order valence-electron chi connectivity index (χ0n) is 22.5. The molecular weight excluding hydrogens is 440 g/mol. The third kappa shape index (κ3) is 3.01. The fourth-order valence-corrected chi connectivity index (χ4v) is 10.0. The van der Waals surface area contributed by atoms with Crippen LogP contribution in [0, 0.1) is 44.3 Å². The summed E-state index contributed by atoms with van der Waals surface area (Å²) in [5.74, 6) is -0.292. The van der Waals surface area contributed by atoms with Crippen molar-refractivity contribution in [3.63, 3.8) is 0 Å². The van der Waals surface area contributed by atoms with Gasteiger partial charge in [-0.25, -0.2) is 0 Å². The van der Waals surface area contributed by atoms with Gasteiger partial charge in [0.1, 0.15) is 0 Å². The lowest BCUT2D eigenvalue weighted by Gasteiger charge is -2.69. The molecule has 9 atom stereocenters. The first kappa shape index (κ1) is 25.5. The van der Waals surface area contributed by atoms with Crippen molar-refractivity contribution in [2.24, 2.45) is 44.3 Å². The number of allylic oxidation sites excluding steroid dienone is 3. The summed E-state index contributed by atoms with van der Waals surface area (Å²) < 4.78 is 0. The quantitative estimate of drug-likeness (QED) is 0.407. The van der Waals surface area contributed by atoms with E-state index in [1.54, 1.807) is 0 Å². The molecular formula is C30H46O5. The van der Waals surface area contributed by atoms with Gasteiger partial charge in [-0.1, -0.05) is 64.8 Å². The first-order valence-corrected chi connectivity index (χ1v) is 13.7. The van der Waals surface area contributed by atoms with Crippen molar-refractivity contribution in [1.29, 1.82) is 0 Å². The Balaban J connectivity index is 1.63. The van der Waals surface area contributed by atoms with Gasteiger partial charge in [-0.2, -0.15) is 0 Å². The molecule has 0 radical (unpaired) electrons. The molecule has 0 spiro atoms.